The zero-order chi connectivity index (χ0) is 15.5. The summed E-state index contributed by atoms with van der Waals surface area (Å²) in [5, 5.41) is 9.71. The third kappa shape index (κ3) is 2.44. The Morgan fingerprint density at radius 3 is 2.59 bits per heavy atom. The number of aldehydes is 1. The van der Waals surface area contributed by atoms with Crippen LogP contribution in [0.4, 0.5) is 4.79 Å². The smallest absolute Gasteiger partial charge is 0.416 e. The highest BCUT2D eigenvalue weighted by Gasteiger charge is 2.16. The van der Waals surface area contributed by atoms with E-state index in [-0.39, 0.29) is 0 Å². The fourth-order valence-corrected chi connectivity index (χ4v) is 2.39. The Morgan fingerprint density at radius 2 is 1.91 bits per heavy atom. The van der Waals surface area contributed by atoms with Crippen molar-refractivity contribution in [3.05, 3.63) is 65.9 Å². The zero-order valence-corrected chi connectivity index (χ0v) is 11.6. The van der Waals surface area contributed by atoms with Crippen molar-refractivity contribution in [1.29, 1.82) is 0 Å². The summed E-state index contributed by atoms with van der Waals surface area (Å²) in [6.45, 7) is 0.344. The van der Waals surface area contributed by atoms with Gasteiger partial charge in [-0.05, 0) is 17.7 Å². The Kier molecular flexibility index (Phi) is 3.62. The molecule has 0 amide bonds. The standard InChI is InChI=1S/C17H13NO4/c19-10-13-9-18(17(20)21)14-7-4-8-15(16(13)14)22-11-12-5-2-1-3-6-12/h1-10H,11H2,(H,20,21). The minimum atomic E-state index is -1.14. The molecule has 5 heteroatoms. The summed E-state index contributed by atoms with van der Waals surface area (Å²) < 4.78 is 6.80. The molecule has 1 heterocycles. The first-order valence-corrected chi connectivity index (χ1v) is 6.70. The van der Waals surface area contributed by atoms with Gasteiger partial charge in [0.25, 0.3) is 0 Å². The Hall–Kier alpha value is -3.08. The fourth-order valence-electron chi connectivity index (χ4n) is 2.39. The SMILES string of the molecule is O=Cc1cn(C(=O)O)c2cccc(OCc3ccccc3)c12. The molecule has 110 valence electrons. The molecule has 0 saturated carbocycles. The van der Waals surface area contributed by atoms with Gasteiger partial charge in [0.05, 0.1) is 10.9 Å². The van der Waals surface area contributed by atoms with E-state index in [4.69, 9.17) is 4.74 Å². The van der Waals surface area contributed by atoms with E-state index in [9.17, 15) is 14.7 Å². The summed E-state index contributed by atoms with van der Waals surface area (Å²) in [5.74, 6) is 0.489. The van der Waals surface area contributed by atoms with E-state index in [2.05, 4.69) is 0 Å². The van der Waals surface area contributed by atoms with E-state index in [1.54, 1.807) is 18.2 Å². The van der Waals surface area contributed by atoms with Crippen molar-refractivity contribution in [2.45, 2.75) is 6.61 Å². The number of carbonyl (C=O) groups excluding carboxylic acids is 1. The van der Waals surface area contributed by atoms with Gasteiger partial charge in [0.1, 0.15) is 12.4 Å². The van der Waals surface area contributed by atoms with Crippen LogP contribution in [0, 0.1) is 0 Å². The van der Waals surface area contributed by atoms with Gasteiger partial charge in [-0.2, -0.15) is 0 Å². The number of ether oxygens (including phenoxy) is 1. The number of nitrogens with zero attached hydrogens (tertiary/aromatic N) is 1. The molecule has 22 heavy (non-hydrogen) atoms. The van der Waals surface area contributed by atoms with Crippen LogP contribution in [-0.2, 0) is 6.61 Å². The van der Waals surface area contributed by atoms with Crippen LogP contribution in [0.2, 0.25) is 0 Å². The summed E-state index contributed by atoms with van der Waals surface area (Å²) in [4.78, 5) is 22.5. The number of rotatable bonds is 4. The zero-order valence-electron chi connectivity index (χ0n) is 11.6. The highest BCUT2D eigenvalue weighted by molar-refractivity contribution is 6.04. The van der Waals surface area contributed by atoms with Crippen molar-refractivity contribution < 1.29 is 19.4 Å². The van der Waals surface area contributed by atoms with Crippen LogP contribution in [-0.4, -0.2) is 22.1 Å². The summed E-state index contributed by atoms with van der Waals surface area (Å²) >= 11 is 0. The predicted octanol–water partition coefficient (Wildman–Crippen LogP) is 3.56. The normalized spacial score (nSPS) is 10.5. The summed E-state index contributed by atoms with van der Waals surface area (Å²) in [6, 6.07) is 14.7. The molecule has 0 spiro atoms. The Bertz CT molecular complexity index is 836. The van der Waals surface area contributed by atoms with Crippen LogP contribution in [0.25, 0.3) is 10.9 Å². The number of fused-ring (bicyclic) bond motifs is 1. The molecule has 0 fully saturated rings. The second kappa shape index (κ2) is 5.73. The van der Waals surface area contributed by atoms with Crippen molar-refractivity contribution in [3.8, 4) is 5.75 Å². The van der Waals surface area contributed by atoms with E-state index in [1.165, 1.54) is 6.20 Å². The molecule has 2 aromatic carbocycles. The molecule has 5 nitrogen and oxygen atoms in total. The first kappa shape index (κ1) is 13.9. The summed E-state index contributed by atoms with van der Waals surface area (Å²) in [5.41, 5.74) is 1.71. The number of benzene rings is 2. The molecular weight excluding hydrogens is 282 g/mol. The van der Waals surface area contributed by atoms with Gasteiger partial charge in [0.2, 0.25) is 0 Å². The van der Waals surface area contributed by atoms with Crippen LogP contribution in [0.3, 0.4) is 0 Å². The largest absolute Gasteiger partial charge is 0.488 e. The molecule has 3 rings (SSSR count). The van der Waals surface area contributed by atoms with Gasteiger partial charge < -0.3 is 9.84 Å². The molecule has 0 aliphatic carbocycles. The highest BCUT2D eigenvalue weighted by Crippen LogP contribution is 2.30. The maximum absolute atomic E-state index is 11.2. The first-order chi connectivity index (χ1) is 10.7. The van der Waals surface area contributed by atoms with Gasteiger partial charge in [-0.3, -0.25) is 9.36 Å². The molecule has 0 aliphatic rings. The topological polar surface area (TPSA) is 68.5 Å². The maximum atomic E-state index is 11.2. The number of carbonyl (C=O) groups is 2. The third-order valence-corrected chi connectivity index (χ3v) is 3.39. The number of hydrogen-bond acceptors (Lipinski definition) is 3. The molecule has 1 N–H and O–H groups in total. The van der Waals surface area contributed by atoms with Gasteiger partial charge in [-0.1, -0.05) is 36.4 Å². The highest BCUT2D eigenvalue weighted by atomic mass is 16.5. The molecule has 0 bridgehead atoms. The summed E-state index contributed by atoms with van der Waals surface area (Å²) in [7, 11) is 0. The van der Waals surface area contributed by atoms with Crippen molar-refractivity contribution in [2.24, 2.45) is 0 Å². The average Bonchev–Trinajstić information content (AvgIpc) is 2.93. The van der Waals surface area contributed by atoms with E-state index in [0.29, 0.717) is 35.1 Å². The van der Waals surface area contributed by atoms with Crippen LogP contribution in [0.1, 0.15) is 15.9 Å². The van der Waals surface area contributed by atoms with Crippen molar-refractivity contribution >= 4 is 23.3 Å². The van der Waals surface area contributed by atoms with Crippen LogP contribution < -0.4 is 4.74 Å². The van der Waals surface area contributed by atoms with E-state index in [1.807, 2.05) is 30.3 Å². The van der Waals surface area contributed by atoms with Gasteiger partial charge in [0.15, 0.2) is 6.29 Å². The lowest BCUT2D eigenvalue weighted by Crippen LogP contribution is -2.05. The van der Waals surface area contributed by atoms with Gasteiger partial charge in [-0.25, -0.2) is 4.79 Å². The number of hydrogen-bond donors (Lipinski definition) is 1. The lowest BCUT2D eigenvalue weighted by molar-refractivity contribution is 0.112. The van der Waals surface area contributed by atoms with Crippen molar-refractivity contribution in [1.82, 2.24) is 4.57 Å². The lowest BCUT2D eigenvalue weighted by Gasteiger charge is -2.08. The van der Waals surface area contributed by atoms with Crippen LogP contribution in [0.15, 0.2) is 54.7 Å². The molecular formula is C17H13NO4. The first-order valence-electron chi connectivity index (χ1n) is 6.70. The van der Waals surface area contributed by atoms with E-state index in [0.717, 1.165) is 10.1 Å². The molecule has 0 saturated heterocycles. The quantitative estimate of drug-likeness (QED) is 0.747. The van der Waals surface area contributed by atoms with Crippen molar-refractivity contribution in [2.75, 3.05) is 0 Å². The molecule has 0 atom stereocenters. The predicted molar refractivity (Wildman–Crippen MR) is 81.5 cm³/mol. The molecule has 1 aromatic heterocycles. The average molecular weight is 295 g/mol. The fraction of sp³-hybridized carbons (Fsp3) is 0.0588. The third-order valence-electron chi connectivity index (χ3n) is 3.39. The van der Waals surface area contributed by atoms with Crippen molar-refractivity contribution in [3.63, 3.8) is 0 Å². The molecule has 3 aromatic rings. The molecule has 0 aliphatic heterocycles. The lowest BCUT2D eigenvalue weighted by atomic mass is 10.1. The second-order valence-corrected chi connectivity index (χ2v) is 4.78. The minimum absolute atomic E-state index is 0.293. The van der Waals surface area contributed by atoms with E-state index >= 15 is 0 Å². The number of aromatic nitrogens is 1. The van der Waals surface area contributed by atoms with Gasteiger partial charge in [-0.15, -0.1) is 0 Å². The molecule has 0 unspecified atom stereocenters. The second-order valence-electron chi connectivity index (χ2n) is 4.78. The monoisotopic (exact) mass is 295 g/mol. The Balaban J connectivity index is 2.02. The van der Waals surface area contributed by atoms with Crippen LogP contribution in [0.5, 0.6) is 5.75 Å². The number of carboxylic acid groups (broad SMARTS) is 1. The van der Waals surface area contributed by atoms with Gasteiger partial charge in [0, 0.05) is 11.8 Å². The Labute approximate surface area is 126 Å². The molecule has 0 radical (unpaired) electrons. The maximum Gasteiger partial charge on any atom is 0.416 e. The Morgan fingerprint density at radius 1 is 1.14 bits per heavy atom. The minimum Gasteiger partial charge on any atom is -0.488 e. The van der Waals surface area contributed by atoms with Crippen LogP contribution >= 0.6 is 0 Å². The van der Waals surface area contributed by atoms with Gasteiger partial charge >= 0.3 is 6.09 Å². The van der Waals surface area contributed by atoms with E-state index < -0.39 is 6.09 Å². The summed E-state index contributed by atoms with van der Waals surface area (Å²) in [6.07, 6.45) is 0.797.